The SMILES string of the molecule is Nc1ncc2n1-c1ccccc1C=C1C=CC=CC12. The number of para-hydroxylation sites is 1. The predicted molar refractivity (Wildman–Crippen MR) is 77.0 cm³/mol. The number of nitrogens with zero attached hydrogens (tertiary/aromatic N) is 2. The van der Waals surface area contributed by atoms with Crippen LogP contribution in [0.5, 0.6) is 0 Å². The molecule has 0 saturated carbocycles. The first-order valence-corrected chi connectivity index (χ1v) is 6.33. The Balaban J connectivity index is 2.10. The van der Waals surface area contributed by atoms with Gasteiger partial charge in [-0.15, -0.1) is 0 Å². The van der Waals surface area contributed by atoms with Crippen LogP contribution in [-0.2, 0) is 0 Å². The minimum atomic E-state index is 0.224. The molecular formula is C16H13N3. The summed E-state index contributed by atoms with van der Waals surface area (Å²) in [7, 11) is 0. The van der Waals surface area contributed by atoms with E-state index in [-0.39, 0.29) is 5.92 Å². The summed E-state index contributed by atoms with van der Waals surface area (Å²) in [6.45, 7) is 0. The minimum absolute atomic E-state index is 0.224. The number of hydrogen-bond acceptors (Lipinski definition) is 2. The molecule has 2 heterocycles. The lowest BCUT2D eigenvalue weighted by Gasteiger charge is -2.16. The van der Waals surface area contributed by atoms with Gasteiger partial charge < -0.3 is 5.73 Å². The Hall–Kier alpha value is -2.55. The molecule has 3 nitrogen and oxygen atoms in total. The fourth-order valence-corrected chi connectivity index (χ4v) is 2.82. The van der Waals surface area contributed by atoms with E-state index in [1.165, 1.54) is 11.1 Å². The summed E-state index contributed by atoms with van der Waals surface area (Å²) in [5, 5.41) is 0. The van der Waals surface area contributed by atoms with Crippen molar-refractivity contribution in [3.63, 3.8) is 0 Å². The van der Waals surface area contributed by atoms with Gasteiger partial charge >= 0.3 is 0 Å². The Bertz CT molecular complexity index is 747. The van der Waals surface area contributed by atoms with Crippen molar-refractivity contribution >= 4 is 12.0 Å². The molecule has 0 radical (unpaired) electrons. The van der Waals surface area contributed by atoms with Crippen LogP contribution in [0.1, 0.15) is 17.2 Å². The topological polar surface area (TPSA) is 43.8 Å². The van der Waals surface area contributed by atoms with Gasteiger partial charge in [0, 0.05) is 5.92 Å². The zero-order valence-corrected chi connectivity index (χ0v) is 10.3. The third-order valence-corrected chi connectivity index (χ3v) is 3.70. The van der Waals surface area contributed by atoms with Crippen molar-refractivity contribution in [2.75, 3.05) is 5.73 Å². The highest BCUT2D eigenvalue weighted by atomic mass is 15.2. The van der Waals surface area contributed by atoms with E-state index in [2.05, 4.69) is 47.5 Å². The molecule has 2 aromatic rings. The molecule has 2 aliphatic rings. The van der Waals surface area contributed by atoms with Crippen LogP contribution in [-0.4, -0.2) is 9.55 Å². The smallest absolute Gasteiger partial charge is 0.205 e. The largest absolute Gasteiger partial charge is 0.369 e. The molecule has 1 unspecified atom stereocenters. The molecule has 3 heteroatoms. The molecule has 0 spiro atoms. The van der Waals surface area contributed by atoms with E-state index in [0.717, 1.165) is 11.4 Å². The van der Waals surface area contributed by atoms with E-state index in [0.29, 0.717) is 5.95 Å². The molecule has 1 aromatic carbocycles. The van der Waals surface area contributed by atoms with E-state index < -0.39 is 0 Å². The number of imidazole rings is 1. The first-order valence-electron chi connectivity index (χ1n) is 6.33. The molecule has 0 amide bonds. The fourth-order valence-electron chi connectivity index (χ4n) is 2.82. The van der Waals surface area contributed by atoms with Crippen molar-refractivity contribution < 1.29 is 0 Å². The van der Waals surface area contributed by atoms with Crippen LogP contribution in [0.25, 0.3) is 11.8 Å². The van der Waals surface area contributed by atoms with Crippen LogP contribution in [0.15, 0.2) is 60.3 Å². The average Bonchev–Trinajstić information content (AvgIpc) is 2.75. The van der Waals surface area contributed by atoms with Gasteiger partial charge in [-0.25, -0.2) is 4.98 Å². The normalized spacial score (nSPS) is 19.2. The van der Waals surface area contributed by atoms with Crippen LogP contribution in [0.3, 0.4) is 0 Å². The number of benzene rings is 1. The molecule has 4 rings (SSSR count). The molecule has 0 fully saturated rings. The lowest BCUT2D eigenvalue weighted by atomic mass is 9.91. The van der Waals surface area contributed by atoms with Crippen molar-refractivity contribution in [1.29, 1.82) is 0 Å². The number of anilines is 1. The third kappa shape index (κ3) is 1.41. The second-order valence-electron chi connectivity index (χ2n) is 4.80. The monoisotopic (exact) mass is 247 g/mol. The maximum Gasteiger partial charge on any atom is 0.205 e. The zero-order chi connectivity index (χ0) is 12.8. The van der Waals surface area contributed by atoms with Gasteiger partial charge in [-0.05, 0) is 23.3 Å². The predicted octanol–water partition coefficient (Wildman–Crippen LogP) is 3.06. The van der Waals surface area contributed by atoms with Gasteiger partial charge in [-0.1, -0.05) is 42.5 Å². The highest BCUT2D eigenvalue weighted by Crippen LogP contribution is 2.37. The number of fused-ring (bicyclic) bond motifs is 5. The fraction of sp³-hybridized carbons (Fsp3) is 0.0625. The van der Waals surface area contributed by atoms with Gasteiger partial charge in [-0.3, -0.25) is 4.57 Å². The van der Waals surface area contributed by atoms with E-state index >= 15 is 0 Å². The third-order valence-electron chi connectivity index (χ3n) is 3.70. The quantitative estimate of drug-likeness (QED) is 0.777. The Morgan fingerprint density at radius 2 is 2.05 bits per heavy atom. The standard InChI is InChI=1S/C16H13N3/c17-16-18-10-15-13-7-3-1-5-11(13)9-12-6-2-4-8-14(12)19(15)16/h1-10,13H,(H2,17,18). The lowest BCUT2D eigenvalue weighted by Crippen LogP contribution is -2.08. The van der Waals surface area contributed by atoms with Crippen molar-refractivity contribution in [2.24, 2.45) is 0 Å². The minimum Gasteiger partial charge on any atom is -0.369 e. The number of aromatic nitrogens is 2. The molecule has 2 N–H and O–H groups in total. The summed E-state index contributed by atoms with van der Waals surface area (Å²) < 4.78 is 2.05. The van der Waals surface area contributed by atoms with Crippen LogP contribution in [0, 0.1) is 0 Å². The molecule has 1 atom stereocenters. The Morgan fingerprint density at radius 1 is 1.16 bits per heavy atom. The molecule has 92 valence electrons. The van der Waals surface area contributed by atoms with Gasteiger partial charge in [0.25, 0.3) is 0 Å². The zero-order valence-electron chi connectivity index (χ0n) is 10.3. The Kier molecular flexibility index (Phi) is 2.03. The first kappa shape index (κ1) is 10.4. The van der Waals surface area contributed by atoms with Crippen molar-refractivity contribution in [1.82, 2.24) is 9.55 Å². The van der Waals surface area contributed by atoms with Crippen LogP contribution in [0.2, 0.25) is 0 Å². The maximum absolute atomic E-state index is 6.05. The van der Waals surface area contributed by atoms with Gasteiger partial charge in [0.2, 0.25) is 5.95 Å². The van der Waals surface area contributed by atoms with Gasteiger partial charge in [0.05, 0.1) is 17.6 Å². The van der Waals surface area contributed by atoms with Crippen LogP contribution in [0.4, 0.5) is 5.95 Å². The summed E-state index contributed by atoms with van der Waals surface area (Å²) in [6, 6.07) is 8.27. The number of hydrogen-bond donors (Lipinski definition) is 1. The van der Waals surface area contributed by atoms with E-state index in [4.69, 9.17) is 5.73 Å². The Labute approximate surface area is 111 Å². The van der Waals surface area contributed by atoms with Gasteiger partial charge in [0.1, 0.15) is 0 Å². The second-order valence-corrected chi connectivity index (χ2v) is 4.80. The highest BCUT2D eigenvalue weighted by Gasteiger charge is 2.24. The molecule has 1 aromatic heterocycles. The molecule has 1 aliphatic carbocycles. The van der Waals surface area contributed by atoms with Crippen molar-refractivity contribution in [3.8, 4) is 5.69 Å². The lowest BCUT2D eigenvalue weighted by molar-refractivity contribution is 0.901. The maximum atomic E-state index is 6.05. The van der Waals surface area contributed by atoms with Gasteiger partial charge in [0.15, 0.2) is 0 Å². The number of nitrogen functional groups attached to an aromatic ring is 1. The summed E-state index contributed by atoms with van der Waals surface area (Å²) in [4.78, 5) is 4.29. The molecule has 19 heavy (non-hydrogen) atoms. The van der Waals surface area contributed by atoms with Crippen LogP contribution < -0.4 is 5.73 Å². The average molecular weight is 247 g/mol. The summed E-state index contributed by atoms with van der Waals surface area (Å²) in [5.41, 5.74) is 10.7. The summed E-state index contributed by atoms with van der Waals surface area (Å²) >= 11 is 0. The van der Waals surface area contributed by atoms with Crippen LogP contribution >= 0.6 is 0 Å². The van der Waals surface area contributed by atoms with Gasteiger partial charge in [-0.2, -0.15) is 0 Å². The molecular weight excluding hydrogens is 234 g/mol. The summed E-state index contributed by atoms with van der Waals surface area (Å²) in [6.07, 6.45) is 12.6. The van der Waals surface area contributed by atoms with Crippen molar-refractivity contribution in [2.45, 2.75) is 5.92 Å². The molecule has 1 aliphatic heterocycles. The van der Waals surface area contributed by atoms with E-state index in [1.807, 2.05) is 22.9 Å². The van der Waals surface area contributed by atoms with E-state index in [1.54, 1.807) is 0 Å². The van der Waals surface area contributed by atoms with Crippen molar-refractivity contribution in [3.05, 3.63) is 71.6 Å². The first-order chi connectivity index (χ1) is 9.34. The highest BCUT2D eigenvalue weighted by molar-refractivity contribution is 5.71. The van der Waals surface area contributed by atoms with E-state index in [9.17, 15) is 0 Å². The molecule has 0 saturated heterocycles. The number of rotatable bonds is 0. The second kappa shape index (κ2) is 3.72. The number of nitrogens with two attached hydrogens (primary N) is 1. The summed E-state index contributed by atoms with van der Waals surface area (Å²) in [5.74, 6) is 0.766. The Morgan fingerprint density at radius 3 is 3.00 bits per heavy atom. The molecule has 0 bridgehead atoms. The number of allylic oxidation sites excluding steroid dienone is 5.